The zero-order chi connectivity index (χ0) is 12.9. The van der Waals surface area contributed by atoms with Gasteiger partial charge in [-0.2, -0.15) is 0 Å². The van der Waals surface area contributed by atoms with E-state index >= 15 is 0 Å². The van der Waals surface area contributed by atoms with Crippen LogP contribution in [-0.4, -0.2) is 30.7 Å². The fourth-order valence-electron chi connectivity index (χ4n) is 0.983. The molecule has 0 aliphatic carbocycles. The highest BCUT2D eigenvalue weighted by atomic mass is 33.1. The maximum atomic E-state index is 14.3. The van der Waals surface area contributed by atoms with E-state index in [0.717, 1.165) is 0 Å². The van der Waals surface area contributed by atoms with Gasteiger partial charge in [0.15, 0.2) is 0 Å². The van der Waals surface area contributed by atoms with E-state index in [2.05, 4.69) is 33.5 Å². The maximum absolute atomic E-state index is 14.3. The van der Waals surface area contributed by atoms with Gasteiger partial charge in [-0.1, -0.05) is 55.1 Å². The standard InChI is InChI=1S/C11H25FOS2Si/c1-8(2)13-11(15-14-9(3)4)10(12)16(5,6)7/h8-11H,1-7H3. The highest BCUT2D eigenvalue weighted by molar-refractivity contribution is 8.77. The molecule has 16 heavy (non-hydrogen) atoms. The molecule has 0 spiro atoms. The van der Waals surface area contributed by atoms with Gasteiger partial charge in [0, 0.05) is 5.25 Å². The molecule has 0 radical (unpaired) electrons. The van der Waals surface area contributed by atoms with Gasteiger partial charge >= 0.3 is 0 Å². The Morgan fingerprint density at radius 2 is 1.50 bits per heavy atom. The molecule has 5 heteroatoms. The summed E-state index contributed by atoms with van der Waals surface area (Å²) in [5.74, 6) is -0.814. The Morgan fingerprint density at radius 3 is 1.81 bits per heavy atom. The predicted molar refractivity (Wildman–Crippen MR) is 78.6 cm³/mol. The van der Waals surface area contributed by atoms with Crippen LogP contribution in [0.1, 0.15) is 27.7 Å². The largest absolute Gasteiger partial charge is 0.361 e. The van der Waals surface area contributed by atoms with Crippen molar-refractivity contribution >= 4 is 29.7 Å². The Bertz CT molecular complexity index is 195. The van der Waals surface area contributed by atoms with Crippen molar-refractivity contribution in [1.82, 2.24) is 0 Å². The van der Waals surface area contributed by atoms with Gasteiger partial charge in [0.05, 0.1) is 14.2 Å². The molecule has 0 saturated heterocycles. The smallest absolute Gasteiger partial charge is 0.141 e. The molecule has 0 aliphatic heterocycles. The molecule has 0 heterocycles. The number of halogens is 1. The van der Waals surface area contributed by atoms with Crippen molar-refractivity contribution in [3.8, 4) is 0 Å². The van der Waals surface area contributed by atoms with Crippen LogP contribution in [0.15, 0.2) is 0 Å². The van der Waals surface area contributed by atoms with Gasteiger partial charge in [-0.15, -0.1) is 0 Å². The minimum atomic E-state index is -1.79. The van der Waals surface area contributed by atoms with Crippen molar-refractivity contribution in [3.05, 3.63) is 0 Å². The van der Waals surface area contributed by atoms with Crippen molar-refractivity contribution in [2.24, 2.45) is 0 Å². The molecule has 0 saturated carbocycles. The van der Waals surface area contributed by atoms with Gasteiger partial charge < -0.3 is 4.74 Å². The Labute approximate surface area is 109 Å². The van der Waals surface area contributed by atoms with Crippen LogP contribution in [0.2, 0.25) is 19.6 Å². The molecule has 2 unspecified atom stereocenters. The van der Waals surface area contributed by atoms with Gasteiger partial charge in [-0.05, 0) is 13.8 Å². The van der Waals surface area contributed by atoms with Crippen molar-refractivity contribution in [2.75, 3.05) is 0 Å². The van der Waals surface area contributed by atoms with Crippen molar-refractivity contribution in [2.45, 2.75) is 69.9 Å². The molecule has 0 rings (SSSR count). The summed E-state index contributed by atoms with van der Waals surface area (Å²) in [5.41, 5.74) is -0.320. The third kappa shape index (κ3) is 7.19. The topological polar surface area (TPSA) is 9.23 Å². The summed E-state index contributed by atoms with van der Waals surface area (Å²) in [6.07, 6.45) is 0.0832. The third-order valence-electron chi connectivity index (χ3n) is 1.82. The molecular weight excluding hydrogens is 259 g/mol. The van der Waals surface area contributed by atoms with E-state index in [0.29, 0.717) is 5.25 Å². The summed E-state index contributed by atoms with van der Waals surface area (Å²) in [5, 5.41) is 0.497. The van der Waals surface area contributed by atoms with Gasteiger partial charge in [0.25, 0.3) is 0 Å². The molecule has 1 nitrogen and oxygen atoms in total. The van der Waals surface area contributed by atoms with Crippen LogP contribution in [-0.2, 0) is 4.74 Å². The first kappa shape index (κ1) is 16.8. The summed E-state index contributed by atoms with van der Waals surface area (Å²) in [7, 11) is 1.46. The second kappa shape index (κ2) is 7.29. The van der Waals surface area contributed by atoms with Gasteiger partial charge in [-0.3, -0.25) is 0 Å². The lowest BCUT2D eigenvalue weighted by molar-refractivity contribution is 0.0344. The molecule has 2 atom stereocenters. The van der Waals surface area contributed by atoms with Gasteiger partial charge in [0.2, 0.25) is 0 Å². The highest BCUT2D eigenvalue weighted by Crippen LogP contribution is 2.37. The van der Waals surface area contributed by atoms with Crippen molar-refractivity contribution < 1.29 is 9.13 Å². The lowest BCUT2D eigenvalue weighted by Gasteiger charge is -2.30. The van der Waals surface area contributed by atoms with E-state index in [9.17, 15) is 4.39 Å². The summed E-state index contributed by atoms with van der Waals surface area (Å²) >= 11 is 0. The molecule has 0 N–H and O–H groups in total. The van der Waals surface area contributed by atoms with Crippen LogP contribution in [0.5, 0.6) is 0 Å². The monoisotopic (exact) mass is 284 g/mol. The fourth-order valence-corrected chi connectivity index (χ4v) is 5.72. The third-order valence-corrected chi connectivity index (χ3v) is 7.11. The van der Waals surface area contributed by atoms with Crippen LogP contribution < -0.4 is 0 Å². The molecular formula is C11H25FOS2Si. The van der Waals surface area contributed by atoms with E-state index in [1.54, 1.807) is 21.6 Å². The quantitative estimate of drug-likeness (QED) is 0.379. The summed E-state index contributed by atoms with van der Waals surface area (Å²) in [4.78, 5) is 0. The lowest BCUT2D eigenvalue weighted by Crippen LogP contribution is -2.43. The molecule has 98 valence electrons. The lowest BCUT2D eigenvalue weighted by atomic mass is 10.5. The van der Waals surface area contributed by atoms with Crippen LogP contribution in [0, 0.1) is 0 Å². The van der Waals surface area contributed by atoms with E-state index in [4.69, 9.17) is 4.74 Å². The van der Waals surface area contributed by atoms with Crippen LogP contribution in [0.25, 0.3) is 0 Å². The second-order valence-electron chi connectivity index (χ2n) is 5.56. The average molecular weight is 285 g/mol. The average Bonchev–Trinajstić information content (AvgIpc) is 2.08. The Hall–Kier alpha value is 0.807. The molecule has 0 bridgehead atoms. The fraction of sp³-hybridized carbons (Fsp3) is 1.00. The first-order chi connectivity index (χ1) is 7.14. The molecule has 0 aromatic heterocycles. The van der Waals surface area contributed by atoms with E-state index in [1.807, 2.05) is 13.8 Å². The van der Waals surface area contributed by atoms with E-state index < -0.39 is 13.9 Å². The maximum Gasteiger partial charge on any atom is 0.141 e. The summed E-state index contributed by atoms with van der Waals surface area (Å²) in [6.45, 7) is 14.3. The zero-order valence-electron chi connectivity index (χ0n) is 11.4. The Kier molecular flexibility index (Phi) is 7.66. The summed E-state index contributed by atoms with van der Waals surface area (Å²) < 4.78 is 20.0. The van der Waals surface area contributed by atoms with E-state index in [-0.39, 0.29) is 11.5 Å². The number of rotatable bonds is 7. The van der Waals surface area contributed by atoms with Crippen molar-refractivity contribution in [1.29, 1.82) is 0 Å². The Morgan fingerprint density at radius 1 is 1.00 bits per heavy atom. The zero-order valence-corrected chi connectivity index (χ0v) is 14.0. The molecule has 0 fully saturated rings. The molecule has 0 aromatic rings. The first-order valence-electron chi connectivity index (χ1n) is 5.76. The number of alkyl halides is 1. The normalized spacial score (nSPS) is 16.9. The SMILES string of the molecule is CC(C)OC(SSC(C)C)C(F)[Si](C)(C)C. The number of hydrogen-bond acceptors (Lipinski definition) is 3. The minimum absolute atomic E-state index is 0.0832. The second-order valence-corrected chi connectivity index (χ2v) is 13.8. The summed E-state index contributed by atoms with van der Waals surface area (Å²) in [6, 6.07) is 0. The van der Waals surface area contributed by atoms with Crippen molar-refractivity contribution in [3.63, 3.8) is 0 Å². The number of hydrogen-bond donors (Lipinski definition) is 0. The molecule has 0 amide bonds. The van der Waals surface area contributed by atoms with E-state index in [1.165, 1.54) is 0 Å². The van der Waals surface area contributed by atoms with Crippen LogP contribution in [0.3, 0.4) is 0 Å². The van der Waals surface area contributed by atoms with Gasteiger partial charge in [0.1, 0.15) is 11.2 Å². The predicted octanol–water partition coefficient (Wildman–Crippen LogP) is 4.74. The van der Waals surface area contributed by atoms with Gasteiger partial charge in [-0.25, -0.2) is 4.39 Å². The molecule has 0 aliphatic rings. The highest BCUT2D eigenvalue weighted by Gasteiger charge is 2.36. The van der Waals surface area contributed by atoms with Crippen LogP contribution >= 0.6 is 21.6 Å². The Balaban J connectivity index is 4.41. The number of ether oxygens (including phenoxy) is 1. The minimum Gasteiger partial charge on any atom is -0.361 e. The van der Waals surface area contributed by atoms with Crippen LogP contribution in [0.4, 0.5) is 4.39 Å². The first-order valence-corrected chi connectivity index (χ1v) is 11.6. The molecule has 0 aromatic carbocycles.